The Morgan fingerprint density at radius 2 is 1.96 bits per heavy atom. The van der Waals surface area contributed by atoms with E-state index in [0.717, 1.165) is 27.0 Å². The largest absolute Gasteiger partial charge is 0.349 e. The first-order chi connectivity index (χ1) is 11.7. The molecule has 0 aliphatic carbocycles. The van der Waals surface area contributed by atoms with Gasteiger partial charge in [-0.25, -0.2) is 4.98 Å². The molecule has 0 aliphatic rings. The minimum absolute atomic E-state index is 0.0565. The van der Waals surface area contributed by atoms with Crippen LogP contribution in [0.1, 0.15) is 36.4 Å². The Morgan fingerprint density at radius 1 is 1.21 bits per heavy atom. The second-order valence-electron chi connectivity index (χ2n) is 5.66. The number of nitrogens with zero attached hydrogens (tertiary/aromatic N) is 1. The molecule has 0 bridgehead atoms. The standard InChI is InChI=1S/C19H19BrN2OS/c1-2-15(13-7-9-14(20)10-8-13)21-18(23)11-12-19-22-16-5-3-4-6-17(16)24-19/h3-10,15H,2,11-12H2,1H3,(H,21,23). The number of fused-ring (bicyclic) bond motifs is 1. The van der Waals surface area contributed by atoms with E-state index in [4.69, 9.17) is 0 Å². The summed E-state index contributed by atoms with van der Waals surface area (Å²) in [6, 6.07) is 16.2. The zero-order valence-corrected chi connectivity index (χ0v) is 15.9. The van der Waals surface area contributed by atoms with Crippen LogP contribution < -0.4 is 5.32 Å². The number of hydrogen-bond donors (Lipinski definition) is 1. The fourth-order valence-electron chi connectivity index (χ4n) is 2.63. The van der Waals surface area contributed by atoms with Gasteiger partial charge in [0.15, 0.2) is 0 Å². The molecule has 3 aromatic rings. The van der Waals surface area contributed by atoms with Gasteiger partial charge in [-0.1, -0.05) is 47.1 Å². The van der Waals surface area contributed by atoms with Gasteiger partial charge < -0.3 is 5.32 Å². The van der Waals surface area contributed by atoms with Crippen LogP contribution in [0.3, 0.4) is 0 Å². The SMILES string of the molecule is CCC(NC(=O)CCc1nc2ccccc2s1)c1ccc(Br)cc1. The van der Waals surface area contributed by atoms with E-state index in [1.807, 2.05) is 42.5 Å². The van der Waals surface area contributed by atoms with Crippen LogP contribution in [0.4, 0.5) is 0 Å². The molecule has 0 saturated heterocycles. The Hall–Kier alpha value is -1.72. The zero-order chi connectivity index (χ0) is 16.9. The number of thiazole rings is 1. The number of benzene rings is 2. The number of amides is 1. The predicted octanol–water partition coefficient (Wildman–Crippen LogP) is 5.26. The minimum Gasteiger partial charge on any atom is -0.349 e. The minimum atomic E-state index is 0.0565. The first-order valence-corrected chi connectivity index (χ1v) is 9.66. The average molecular weight is 403 g/mol. The van der Waals surface area contributed by atoms with Crippen LogP contribution in [-0.2, 0) is 11.2 Å². The number of para-hydroxylation sites is 1. The molecule has 3 nitrogen and oxygen atoms in total. The number of hydrogen-bond acceptors (Lipinski definition) is 3. The lowest BCUT2D eigenvalue weighted by Gasteiger charge is -2.17. The summed E-state index contributed by atoms with van der Waals surface area (Å²) < 4.78 is 2.22. The van der Waals surface area contributed by atoms with Crippen molar-refractivity contribution in [1.82, 2.24) is 10.3 Å². The van der Waals surface area contributed by atoms with Gasteiger partial charge in [0, 0.05) is 17.3 Å². The Morgan fingerprint density at radius 3 is 2.67 bits per heavy atom. The van der Waals surface area contributed by atoms with Crippen LogP contribution in [0.2, 0.25) is 0 Å². The zero-order valence-electron chi connectivity index (χ0n) is 13.5. The lowest BCUT2D eigenvalue weighted by molar-refractivity contribution is -0.121. The van der Waals surface area contributed by atoms with Gasteiger partial charge >= 0.3 is 0 Å². The van der Waals surface area contributed by atoms with Crippen molar-refractivity contribution in [3.05, 3.63) is 63.6 Å². The molecular weight excluding hydrogens is 384 g/mol. The highest BCUT2D eigenvalue weighted by atomic mass is 79.9. The Bertz CT molecular complexity index is 796. The number of carbonyl (C=O) groups is 1. The third-order valence-corrected chi connectivity index (χ3v) is 5.54. The number of aryl methyl sites for hydroxylation is 1. The van der Waals surface area contributed by atoms with Gasteiger partial charge in [0.1, 0.15) is 0 Å². The van der Waals surface area contributed by atoms with Crippen molar-refractivity contribution >= 4 is 43.4 Å². The van der Waals surface area contributed by atoms with Crippen LogP contribution in [0.25, 0.3) is 10.2 Å². The summed E-state index contributed by atoms with van der Waals surface area (Å²) in [4.78, 5) is 16.9. The van der Waals surface area contributed by atoms with Crippen molar-refractivity contribution in [2.45, 2.75) is 32.2 Å². The third kappa shape index (κ3) is 4.22. The van der Waals surface area contributed by atoms with E-state index in [1.54, 1.807) is 11.3 Å². The summed E-state index contributed by atoms with van der Waals surface area (Å²) in [5, 5.41) is 4.15. The highest BCUT2D eigenvalue weighted by molar-refractivity contribution is 9.10. The molecule has 1 atom stereocenters. The average Bonchev–Trinajstić information content (AvgIpc) is 3.02. The number of aromatic nitrogens is 1. The van der Waals surface area contributed by atoms with Crippen molar-refractivity contribution in [1.29, 1.82) is 0 Å². The first-order valence-electron chi connectivity index (χ1n) is 8.05. The maximum Gasteiger partial charge on any atom is 0.220 e. The molecule has 0 radical (unpaired) electrons. The van der Waals surface area contributed by atoms with E-state index in [9.17, 15) is 4.79 Å². The molecule has 0 saturated carbocycles. The summed E-state index contributed by atoms with van der Waals surface area (Å²) >= 11 is 5.10. The van der Waals surface area contributed by atoms with Crippen LogP contribution in [0, 0.1) is 0 Å². The van der Waals surface area contributed by atoms with Crippen molar-refractivity contribution < 1.29 is 4.79 Å². The molecule has 1 unspecified atom stereocenters. The molecule has 0 spiro atoms. The Balaban J connectivity index is 1.58. The van der Waals surface area contributed by atoms with Crippen molar-refractivity contribution in [2.75, 3.05) is 0 Å². The summed E-state index contributed by atoms with van der Waals surface area (Å²) in [7, 11) is 0. The van der Waals surface area contributed by atoms with E-state index >= 15 is 0 Å². The topological polar surface area (TPSA) is 42.0 Å². The lowest BCUT2D eigenvalue weighted by atomic mass is 10.0. The molecule has 1 aromatic heterocycles. The molecule has 1 heterocycles. The molecular formula is C19H19BrN2OS. The molecule has 5 heteroatoms. The fourth-order valence-corrected chi connectivity index (χ4v) is 3.86. The molecule has 0 fully saturated rings. The van der Waals surface area contributed by atoms with E-state index in [2.05, 4.69) is 39.2 Å². The highest BCUT2D eigenvalue weighted by Gasteiger charge is 2.13. The van der Waals surface area contributed by atoms with E-state index < -0.39 is 0 Å². The van der Waals surface area contributed by atoms with Crippen molar-refractivity contribution in [2.24, 2.45) is 0 Å². The van der Waals surface area contributed by atoms with Gasteiger partial charge in [0.2, 0.25) is 5.91 Å². The van der Waals surface area contributed by atoms with Gasteiger partial charge in [-0.2, -0.15) is 0 Å². The van der Waals surface area contributed by atoms with Gasteiger partial charge in [0.25, 0.3) is 0 Å². The molecule has 1 amide bonds. The molecule has 0 aliphatic heterocycles. The van der Waals surface area contributed by atoms with Crippen molar-refractivity contribution in [3.8, 4) is 0 Å². The Kier molecular flexibility index (Phi) is 5.63. The smallest absolute Gasteiger partial charge is 0.220 e. The van der Waals surface area contributed by atoms with E-state index in [-0.39, 0.29) is 11.9 Å². The molecule has 24 heavy (non-hydrogen) atoms. The second-order valence-corrected chi connectivity index (χ2v) is 7.69. The van der Waals surface area contributed by atoms with Gasteiger partial charge in [-0.15, -0.1) is 11.3 Å². The summed E-state index contributed by atoms with van der Waals surface area (Å²) in [6.07, 6.45) is 2.02. The van der Waals surface area contributed by atoms with E-state index in [0.29, 0.717) is 12.8 Å². The third-order valence-electron chi connectivity index (χ3n) is 3.92. The number of nitrogens with one attached hydrogen (secondary N) is 1. The second kappa shape index (κ2) is 7.90. The summed E-state index contributed by atoms with van der Waals surface area (Å²) in [5.41, 5.74) is 2.15. The fraction of sp³-hybridized carbons (Fsp3) is 0.263. The maximum atomic E-state index is 12.3. The lowest BCUT2D eigenvalue weighted by Crippen LogP contribution is -2.28. The molecule has 124 valence electrons. The van der Waals surface area contributed by atoms with Gasteiger partial charge in [-0.05, 0) is 36.2 Å². The van der Waals surface area contributed by atoms with Gasteiger partial charge in [-0.3, -0.25) is 4.79 Å². The number of rotatable bonds is 6. The highest BCUT2D eigenvalue weighted by Crippen LogP contribution is 2.23. The Labute approximate surface area is 154 Å². The quantitative estimate of drug-likeness (QED) is 0.610. The molecule has 3 rings (SSSR count). The van der Waals surface area contributed by atoms with Crippen LogP contribution in [0.5, 0.6) is 0 Å². The van der Waals surface area contributed by atoms with Gasteiger partial charge in [0.05, 0.1) is 21.3 Å². The van der Waals surface area contributed by atoms with Crippen molar-refractivity contribution in [3.63, 3.8) is 0 Å². The van der Waals surface area contributed by atoms with E-state index in [1.165, 1.54) is 4.70 Å². The normalized spacial score (nSPS) is 12.2. The molecule has 2 aromatic carbocycles. The predicted molar refractivity (Wildman–Crippen MR) is 103 cm³/mol. The molecule has 1 N–H and O–H groups in total. The van der Waals surface area contributed by atoms with Crippen LogP contribution >= 0.6 is 27.3 Å². The number of halogens is 1. The monoisotopic (exact) mass is 402 g/mol. The first kappa shape index (κ1) is 17.1. The summed E-state index contributed by atoms with van der Waals surface area (Å²) in [5.74, 6) is 0.0732. The maximum absolute atomic E-state index is 12.3. The summed E-state index contributed by atoms with van der Waals surface area (Å²) in [6.45, 7) is 2.08. The van der Waals surface area contributed by atoms with Crippen LogP contribution in [-0.4, -0.2) is 10.9 Å². The number of carbonyl (C=O) groups excluding carboxylic acids is 1. The van der Waals surface area contributed by atoms with Crippen LogP contribution in [0.15, 0.2) is 53.0 Å².